The number of rotatable bonds is 2. The molecule has 2 aromatic rings. The van der Waals surface area contributed by atoms with Crippen LogP contribution in [0.1, 0.15) is 5.56 Å². The Labute approximate surface area is 86.3 Å². The molecule has 1 aromatic carbocycles. The Balaban J connectivity index is 2.52. The molecule has 0 amide bonds. The van der Waals surface area contributed by atoms with Crippen molar-refractivity contribution in [2.45, 2.75) is 0 Å². The Kier molecular flexibility index (Phi) is 2.25. The second-order valence-corrected chi connectivity index (χ2v) is 3.11. The quantitative estimate of drug-likeness (QED) is 0.555. The molecule has 4 nitrogen and oxygen atoms in total. The van der Waals surface area contributed by atoms with Crippen LogP contribution in [0, 0.1) is 17.0 Å². The lowest BCUT2D eigenvalue weighted by atomic mass is 10.1. The fourth-order valence-electron chi connectivity index (χ4n) is 1.34. The molecule has 4 heteroatoms. The van der Waals surface area contributed by atoms with Crippen molar-refractivity contribution >= 4 is 5.69 Å². The molecule has 1 aromatic heterocycles. The molecule has 15 heavy (non-hydrogen) atoms. The van der Waals surface area contributed by atoms with Gasteiger partial charge in [0.25, 0.3) is 5.69 Å². The van der Waals surface area contributed by atoms with Gasteiger partial charge >= 0.3 is 0 Å². The molecule has 0 unspecified atom stereocenters. The number of nitro benzene ring substituents is 1. The van der Waals surface area contributed by atoms with Crippen molar-refractivity contribution in [1.29, 1.82) is 0 Å². The van der Waals surface area contributed by atoms with Crippen LogP contribution in [-0.2, 0) is 0 Å². The van der Waals surface area contributed by atoms with Gasteiger partial charge in [-0.1, -0.05) is 12.1 Å². The molecule has 0 N–H and O–H groups in total. The topological polar surface area (TPSA) is 56.3 Å². The molecular formula is C11H8NO3. The predicted molar refractivity (Wildman–Crippen MR) is 55.3 cm³/mol. The van der Waals surface area contributed by atoms with Gasteiger partial charge in [0.2, 0.25) is 0 Å². The first-order valence-electron chi connectivity index (χ1n) is 4.31. The first-order chi connectivity index (χ1) is 7.18. The van der Waals surface area contributed by atoms with Crippen LogP contribution in [0.5, 0.6) is 0 Å². The van der Waals surface area contributed by atoms with Crippen molar-refractivity contribution in [3.05, 3.63) is 59.4 Å². The first kappa shape index (κ1) is 9.45. The van der Waals surface area contributed by atoms with Crippen LogP contribution >= 0.6 is 0 Å². The molecule has 0 saturated carbocycles. The molecule has 75 valence electrons. The number of hydrogen-bond acceptors (Lipinski definition) is 3. The highest BCUT2D eigenvalue weighted by molar-refractivity contribution is 5.66. The number of nitrogens with zero attached hydrogens (tertiary/aromatic N) is 1. The summed E-state index contributed by atoms with van der Waals surface area (Å²) in [5.74, 6) is 0. The lowest BCUT2D eigenvalue weighted by molar-refractivity contribution is -0.385. The van der Waals surface area contributed by atoms with Gasteiger partial charge < -0.3 is 4.42 Å². The largest absolute Gasteiger partial charge is 0.472 e. The fourth-order valence-corrected chi connectivity index (χ4v) is 1.34. The second-order valence-electron chi connectivity index (χ2n) is 3.11. The van der Waals surface area contributed by atoms with Crippen LogP contribution in [-0.4, -0.2) is 4.92 Å². The summed E-state index contributed by atoms with van der Waals surface area (Å²) in [5, 5.41) is 10.7. The zero-order valence-electron chi connectivity index (χ0n) is 7.84. The predicted octanol–water partition coefficient (Wildman–Crippen LogP) is 3.04. The van der Waals surface area contributed by atoms with Crippen molar-refractivity contribution < 1.29 is 9.34 Å². The van der Waals surface area contributed by atoms with E-state index in [-0.39, 0.29) is 5.69 Å². The lowest BCUT2D eigenvalue weighted by Crippen LogP contribution is -1.91. The molecule has 0 aliphatic heterocycles. The van der Waals surface area contributed by atoms with Crippen molar-refractivity contribution in [2.24, 2.45) is 0 Å². The van der Waals surface area contributed by atoms with Gasteiger partial charge in [-0.2, -0.15) is 0 Å². The smallest absolute Gasteiger partial charge is 0.273 e. The van der Waals surface area contributed by atoms with E-state index < -0.39 is 4.92 Å². The minimum Gasteiger partial charge on any atom is -0.472 e. The number of hydrogen-bond donors (Lipinski definition) is 0. The van der Waals surface area contributed by atoms with Crippen LogP contribution in [0.2, 0.25) is 0 Å². The highest BCUT2D eigenvalue weighted by Gasteiger charge is 2.11. The summed E-state index contributed by atoms with van der Waals surface area (Å²) in [6.45, 7) is 3.60. The van der Waals surface area contributed by atoms with Crippen LogP contribution < -0.4 is 0 Å². The minimum atomic E-state index is -0.439. The molecule has 0 atom stereocenters. The van der Waals surface area contributed by atoms with Gasteiger partial charge in [0.1, 0.15) is 0 Å². The average Bonchev–Trinajstić information content (AvgIpc) is 2.71. The summed E-state index contributed by atoms with van der Waals surface area (Å²) in [7, 11) is 0. The minimum absolute atomic E-state index is 0.0219. The maximum Gasteiger partial charge on any atom is 0.273 e. The van der Waals surface area contributed by atoms with E-state index in [1.807, 2.05) is 0 Å². The Morgan fingerprint density at radius 1 is 1.27 bits per heavy atom. The normalized spacial score (nSPS) is 10.2. The number of benzene rings is 1. The van der Waals surface area contributed by atoms with Crippen LogP contribution in [0.3, 0.4) is 0 Å². The van der Waals surface area contributed by atoms with Gasteiger partial charge in [0.15, 0.2) is 0 Å². The van der Waals surface area contributed by atoms with Gasteiger partial charge in [-0.05, 0) is 18.6 Å². The maximum absolute atomic E-state index is 10.7. The van der Waals surface area contributed by atoms with Crippen molar-refractivity contribution in [1.82, 2.24) is 0 Å². The van der Waals surface area contributed by atoms with Crippen LogP contribution in [0.25, 0.3) is 11.1 Å². The van der Waals surface area contributed by atoms with Gasteiger partial charge in [0.05, 0.1) is 17.4 Å². The van der Waals surface area contributed by atoms with Crippen LogP contribution in [0.4, 0.5) is 5.69 Å². The highest BCUT2D eigenvalue weighted by atomic mass is 16.6. The summed E-state index contributed by atoms with van der Waals surface area (Å²) in [6, 6.07) is 6.65. The number of nitro groups is 1. The third kappa shape index (κ3) is 1.74. The molecule has 0 bridgehead atoms. The zero-order valence-corrected chi connectivity index (χ0v) is 7.84. The third-order valence-corrected chi connectivity index (χ3v) is 2.14. The second kappa shape index (κ2) is 3.57. The highest BCUT2D eigenvalue weighted by Crippen LogP contribution is 2.26. The van der Waals surface area contributed by atoms with Gasteiger partial charge in [-0.3, -0.25) is 10.1 Å². The summed E-state index contributed by atoms with van der Waals surface area (Å²) in [4.78, 5) is 10.2. The third-order valence-electron chi connectivity index (χ3n) is 2.14. The summed E-state index contributed by atoms with van der Waals surface area (Å²) in [5.41, 5.74) is 2.00. The van der Waals surface area contributed by atoms with Gasteiger partial charge in [0, 0.05) is 17.2 Å². The van der Waals surface area contributed by atoms with E-state index in [1.54, 1.807) is 24.5 Å². The van der Waals surface area contributed by atoms with Crippen molar-refractivity contribution in [2.75, 3.05) is 0 Å². The molecule has 0 fully saturated rings. The summed E-state index contributed by atoms with van der Waals surface area (Å²) in [6.07, 6.45) is 3.07. The Hall–Kier alpha value is -2.10. The van der Waals surface area contributed by atoms with Crippen molar-refractivity contribution in [3.63, 3.8) is 0 Å². The lowest BCUT2D eigenvalue weighted by Gasteiger charge is -1.99. The Morgan fingerprint density at radius 3 is 2.67 bits per heavy atom. The van der Waals surface area contributed by atoms with Crippen molar-refractivity contribution in [3.8, 4) is 11.1 Å². The zero-order chi connectivity index (χ0) is 10.8. The van der Waals surface area contributed by atoms with Gasteiger partial charge in [-0.15, -0.1) is 0 Å². The van der Waals surface area contributed by atoms with E-state index in [2.05, 4.69) is 6.92 Å². The van der Waals surface area contributed by atoms with E-state index in [0.717, 1.165) is 11.1 Å². The molecule has 0 saturated heterocycles. The summed E-state index contributed by atoms with van der Waals surface area (Å²) < 4.78 is 4.91. The molecule has 1 radical (unpaired) electrons. The SMILES string of the molecule is [CH2]c1ccc(-c2ccoc2)cc1[N+](=O)[O-]. The maximum atomic E-state index is 10.7. The van der Waals surface area contributed by atoms with Gasteiger partial charge in [-0.25, -0.2) is 0 Å². The van der Waals surface area contributed by atoms with E-state index in [0.29, 0.717) is 5.56 Å². The monoisotopic (exact) mass is 202 g/mol. The van der Waals surface area contributed by atoms with E-state index in [1.165, 1.54) is 12.3 Å². The standard InChI is InChI=1S/C11H8NO3/c1-8-2-3-9(6-11(8)12(13)14)10-4-5-15-7-10/h2-7H,1H2. The average molecular weight is 202 g/mol. The van der Waals surface area contributed by atoms with E-state index in [9.17, 15) is 10.1 Å². The Morgan fingerprint density at radius 2 is 2.07 bits per heavy atom. The molecule has 0 aliphatic carbocycles. The molecule has 0 spiro atoms. The summed E-state index contributed by atoms with van der Waals surface area (Å²) >= 11 is 0. The number of furan rings is 1. The van der Waals surface area contributed by atoms with E-state index in [4.69, 9.17) is 4.42 Å². The first-order valence-corrected chi connectivity index (χ1v) is 4.31. The molecule has 1 heterocycles. The molecular weight excluding hydrogens is 194 g/mol. The molecule has 2 rings (SSSR count). The Bertz CT molecular complexity index is 489. The fraction of sp³-hybridized carbons (Fsp3) is 0. The van der Waals surface area contributed by atoms with Crippen LogP contribution in [0.15, 0.2) is 41.2 Å². The van der Waals surface area contributed by atoms with E-state index >= 15 is 0 Å². The molecule has 0 aliphatic rings.